The largest absolute Gasteiger partial charge is 0.452 e. The minimum atomic E-state index is -0.639. The van der Waals surface area contributed by atoms with Crippen LogP contribution in [0.15, 0.2) is 24.3 Å². The predicted octanol–water partition coefficient (Wildman–Crippen LogP) is 0.832. The van der Waals surface area contributed by atoms with Crippen molar-refractivity contribution in [3.05, 3.63) is 29.8 Å². The van der Waals surface area contributed by atoms with E-state index in [4.69, 9.17) is 10.00 Å². The Morgan fingerprint density at radius 2 is 1.90 bits per heavy atom. The second-order valence-electron chi connectivity index (χ2n) is 4.09. The van der Waals surface area contributed by atoms with Crippen LogP contribution in [0.5, 0.6) is 0 Å². The Kier molecular flexibility index (Phi) is 6.41. The van der Waals surface area contributed by atoms with E-state index in [0.717, 1.165) is 0 Å². The van der Waals surface area contributed by atoms with Crippen LogP contribution in [0.25, 0.3) is 0 Å². The molecule has 2 amide bonds. The number of hydrogen-bond donors (Lipinski definition) is 2. The summed E-state index contributed by atoms with van der Waals surface area (Å²) in [7, 11) is 0. The molecule has 110 valence electrons. The van der Waals surface area contributed by atoms with E-state index in [9.17, 15) is 14.4 Å². The molecule has 0 radical (unpaired) electrons. The summed E-state index contributed by atoms with van der Waals surface area (Å²) in [5.41, 5.74) is 0.835. The third-order valence-corrected chi connectivity index (χ3v) is 2.33. The first-order chi connectivity index (χ1) is 10.0. The molecule has 7 nitrogen and oxygen atoms in total. The van der Waals surface area contributed by atoms with Gasteiger partial charge in [0.05, 0.1) is 18.1 Å². The molecule has 0 saturated heterocycles. The second kappa shape index (κ2) is 8.32. The van der Waals surface area contributed by atoms with Crippen molar-refractivity contribution in [1.82, 2.24) is 5.32 Å². The van der Waals surface area contributed by atoms with Crippen molar-refractivity contribution in [2.75, 3.05) is 18.5 Å². The molecule has 1 rings (SSSR count). The normalized spacial score (nSPS) is 9.33. The lowest BCUT2D eigenvalue weighted by Crippen LogP contribution is -2.29. The first-order valence-electron chi connectivity index (χ1n) is 6.21. The number of nitrogens with one attached hydrogen (secondary N) is 2. The Morgan fingerprint density at radius 3 is 2.48 bits per heavy atom. The third kappa shape index (κ3) is 6.20. The zero-order valence-corrected chi connectivity index (χ0v) is 11.5. The summed E-state index contributed by atoms with van der Waals surface area (Å²) >= 11 is 0. The summed E-state index contributed by atoms with van der Waals surface area (Å²) in [6.07, 6.45) is 0.199. The zero-order chi connectivity index (χ0) is 15.7. The fourth-order valence-corrected chi connectivity index (χ4v) is 1.42. The van der Waals surface area contributed by atoms with Gasteiger partial charge in [0.25, 0.3) is 5.91 Å². The molecular weight excluding hydrogens is 274 g/mol. The van der Waals surface area contributed by atoms with Crippen LogP contribution in [-0.2, 0) is 14.3 Å². The molecule has 0 aromatic heterocycles. The second-order valence-corrected chi connectivity index (χ2v) is 4.09. The number of esters is 1. The zero-order valence-electron chi connectivity index (χ0n) is 11.5. The molecule has 0 atom stereocenters. The Hall–Kier alpha value is -2.88. The van der Waals surface area contributed by atoms with E-state index in [1.54, 1.807) is 12.1 Å². The first-order valence-corrected chi connectivity index (χ1v) is 6.21. The predicted molar refractivity (Wildman–Crippen MR) is 74.3 cm³/mol. The van der Waals surface area contributed by atoms with E-state index in [-0.39, 0.29) is 24.4 Å². The highest BCUT2D eigenvalue weighted by molar-refractivity contribution is 5.93. The molecule has 0 unspecified atom stereocenters. The van der Waals surface area contributed by atoms with Crippen molar-refractivity contribution in [1.29, 1.82) is 5.26 Å². The fraction of sp³-hybridized carbons (Fsp3) is 0.286. The molecule has 7 heteroatoms. The van der Waals surface area contributed by atoms with Crippen LogP contribution in [0.4, 0.5) is 5.69 Å². The van der Waals surface area contributed by atoms with Crippen molar-refractivity contribution >= 4 is 23.5 Å². The lowest BCUT2D eigenvalue weighted by atomic mass is 10.2. The minimum absolute atomic E-state index is 0.199. The number of carbonyl (C=O) groups excluding carboxylic acids is 3. The highest BCUT2D eigenvalue weighted by Crippen LogP contribution is 2.10. The van der Waals surface area contributed by atoms with Gasteiger partial charge in [-0.1, -0.05) is 0 Å². The molecule has 0 fully saturated rings. The molecule has 0 bridgehead atoms. The maximum atomic E-state index is 11.7. The van der Waals surface area contributed by atoms with Crippen LogP contribution >= 0.6 is 0 Å². The first kappa shape index (κ1) is 16.2. The average molecular weight is 289 g/mol. The molecule has 1 aromatic carbocycles. The lowest BCUT2D eigenvalue weighted by Gasteiger charge is -2.06. The van der Waals surface area contributed by atoms with Crippen molar-refractivity contribution in [3.8, 4) is 6.07 Å². The van der Waals surface area contributed by atoms with Gasteiger partial charge < -0.3 is 15.4 Å². The average Bonchev–Trinajstić information content (AvgIpc) is 2.45. The fourth-order valence-electron chi connectivity index (χ4n) is 1.42. The van der Waals surface area contributed by atoms with Gasteiger partial charge in [0, 0.05) is 19.2 Å². The molecule has 0 spiro atoms. The number of nitrogens with zero attached hydrogens (tertiary/aromatic N) is 1. The molecule has 0 saturated carbocycles. The van der Waals surface area contributed by atoms with Gasteiger partial charge in [0.2, 0.25) is 5.91 Å². The van der Waals surface area contributed by atoms with Crippen LogP contribution in [-0.4, -0.2) is 30.9 Å². The van der Waals surface area contributed by atoms with Crippen LogP contribution in [0.2, 0.25) is 0 Å². The van der Waals surface area contributed by atoms with Gasteiger partial charge in [-0.15, -0.1) is 0 Å². The monoisotopic (exact) mass is 289 g/mol. The van der Waals surface area contributed by atoms with Crippen LogP contribution < -0.4 is 10.6 Å². The minimum Gasteiger partial charge on any atom is -0.452 e. The number of rotatable bonds is 6. The third-order valence-electron chi connectivity index (χ3n) is 2.33. The molecule has 0 aliphatic heterocycles. The topological polar surface area (TPSA) is 108 Å². The summed E-state index contributed by atoms with van der Waals surface area (Å²) < 4.78 is 4.82. The van der Waals surface area contributed by atoms with Crippen LogP contribution in [0, 0.1) is 11.3 Å². The molecule has 0 heterocycles. The number of hydrogen-bond acceptors (Lipinski definition) is 5. The Morgan fingerprint density at radius 1 is 1.24 bits per heavy atom. The number of carbonyl (C=O) groups is 3. The van der Waals surface area contributed by atoms with Crippen LogP contribution in [0.3, 0.4) is 0 Å². The van der Waals surface area contributed by atoms with Gasteiger partial charge in [0.15, 0.2) is 6.61 Å². The summed E-state index contributed by atoms with van der Waals surface area (Å²) in [6, 6.07) is 7.98. The summed E-state index contributed by atoms with van der Waals surface area (Å²) in [4.78, 5) is 33.8. The number of benzene rings is 1. The van der Waals surface area contributed by atoms with Gasteiger partial charge in [-0.05, 0) is 24.3 Å². The Bertz CT molecular complexity index is 561. The highest BCUT2D eigenvalue weighted by Gasteiger charge is 2.10. The molecule has 2 N–H and O–H groups in total. The van der Waals surface area contributed by atoms with E-state index >= 15 is 0 Å². The van der Waals surface area contributed by atoms with Crippen LogP contribution in [0.1, 0.15) is 23.7 Å². The molecular formula is C14H15N3O4. The van der Waals surface area contributed by atoms with Crippen molar-refractivity contribution in [3.63, 3.8) is 0 Å². The maximum Gasteiger partial charge on any atom is 0.338 e. The molecule has 1 aromatic rings. The number of ether oxygens (including phenoxy) is 1. The molecule has 21 heavy (non-hydrogen) atoms. The number of anilines is 1. The van der Waals surface area contributed by atoms with Gasteiger partial charge >= 0.3 is 5.97 Å². The van der Waals surface area contributed by atoms with Gasteiger partial charge in [-0.2, -0.15) is 5.26 Å². The van der Waals surface area contributed by atoms with Gasteiger partial charge in [-0.25, -0.2) is 4.79 Å². The Labute approximate surface area is 121 Å². The summed E-state index contributed by atoms with van der Waals surface area (Å²) in [5.74, 6) is -1.31. The maximum absolute atomic E-state index is 11.7. The lowest BCUT2D eigenvalue weighted by molar-refractivity contribution is -0.124. The summed E-state index contributed by atoms with van der Waals surface area (Å²) in [6.45, 7) is 1.20. The van der Waals surface area contributed by atoms with E-state index < -0.39 is 18.5 Å². The standard InChI is InChI=1S/C14H15N3O4/c1-10(18)17-12-5-3-11(4-6-12)14(20)21-9-13(19)16-8-2-7-15/h3-6H,2,8-9H2,1H3,(H,16,19)(H,17,18). The van der Waals surface area contributed by atoms with E-state index in [0.29, 0.717) is 5.69 Å². The van der Waals surface area contributed by atoms with Crippen molar-refractivity contribution in [2.45, 2.75) is 13.3 Å². The number of nitriles is 1. The molecule has 0 aliphatic rings. The quantitative estimate of drug-likeness (QED) is 0.595. The highest BCUT2D eigenvalue weighted by atomic mass is 16.5. The van der Waals surface area contributed by atoms with Crippen molar-refractivity contribution < 1.29 is 19.1 Å². The number of amides is 2. The Balaban J connectivity index is 2.43. The van der Waals surface area contributed by atoms with Gasteiger partial charge in [0.1, 0.15) is 0 Å². The van der Waals surface area contributed by atoms with Crippen molar-refractivity contribution in [2.24, 2.45) is 0 Å². The molecule has 0 aliphatic carbocycles. The van der Waals surface area contributed by atoms with E-state index in [1.807, 2.05) is 6.07 Å². The SMILES string of the molecule is CC(=O)Nc1ccc(C(=O)OCC(=O)NCCC#N)cc1. The smallest absolute Gasteiger partial charge is 0.338 e. The van der Waals surface area contributed by atoms with E-state index in [1.165, 1.54) is 19.1 Å². The van der Waals surface area contributed by atoms with Gasteiger partial charge in [-0.3, -0.25) is 9.59 Å². The summed E-state index contributed by atoms with van der Waals surface area (Å²) in [5, 5.41) is 13.3. The van der Waals surface area contributed by atoms with E-state index in [2.05, 4.69) is 10.6 Å².